The first-order valence-electron chi connectivity index (χ1n) is 4.36. The average Bonchev–Trinajstić information content (AvgIpc) is 2.11. The lowest BCUT2D eigenvalue weighted by molar-refractivity contribution is 0.163. The maximum Gasteiger partial charge on any atom is 0.113 e. The number of aliphatic imine (C=N–C) groups is 1. The van der Waals surface area contributed by atoms with E-state index >= 15 is 0 Å². The van der Waals surface area contributed by atoms with E-state index in [2.05, 4.69) is 10.3 Å². The molecule has 0 saturated carbocycles. The molecule has 4 heteroatoms. The van der Waals surface area contributed by atoms with Gasteiger partial charge >= 0.3 is 0 Å². The van der Waals surface area contributed by atoms with Gasteiger partial charge in [-0.3, -0.25) is 10.3 Å². The van der Waals surface area contributed by atoms with Gasteiger partial charge in [0, 0.05) is 19.2 Å². The summed E-state index contributed by atoms with van der Waals surface area (Å²) < 4.78 is 5.00. The number of allylic oxidation sites excluding steroid dienone is 1. The Morgan fingerprint density at radius 1 is 1.69 bits per heavy atom. The Bertz CT molecular complexity index is 170. The predicted octanol–water partition coefficient (Wildman–Crippen LogP) is 0.883. The van der Waals surface area contributed by atoms with Crippen LogP contribution in [0, 0.1) is 0 Å². The van der Waals surface area contributed by atoms with Crippen molar-refractivity contribution in [2.24, 2.45) is 4.99 Å². The van der Waals surface area contributed by atoms with Gasteiger partial charge in [-0.05, 0) is 6.92 Å². The maximum absolute atomic E-state index is 8.84. The Kier molecular flexibility index (Phi) is 7.24. The molecule has 0 aliphatic heterocycles. The average molecular weight is 186 g/mol. The molecule has 4 nitrogen and oxygen atoms in total. The molecule has 1 atom stereocenters. The van der Waals surface area contributed by atoms with Gasteiger partial charge in [0.1, 0.15) is 12.0 Å². The fraction of sp³-hybridized carbons (Fsp3) is 0.667. The molecule has 0 radical (unpaired) electrons. The van der Waals surface area contributed by atoms with Crippen LogP contribution < -0.4 is 5.32 Å². The van der Waals surface area contributed by atoms with E-state index in [1.807, 2.05) is 6.92 Å². The summed E-state index contributed by atoms with van der Waals surface area (Å²) in [6, 6.07) is 0. The molecule has 0 rings (SSSR count). The van der Waals surface area contributed by atoms with E-state index in [0.29, 0.717) is 6.54 Å². The number of ether oxygens (including phenoxy) is 1. The molecule has 0 bridgehead atoms. The third kappa shape index (κ3) is 7.49. The van der Waals surface area contributed by atoms with Crippen LogP contribution in [0.25, 0.3) is 0 Å². The Morgan fingerprint density at radius 2 is 2.38 bits per heavy atom. The van der Waals surface area contributed by atoms with Gasteiger partial charge in [0.05, 0.1) is 13.3 Å². The van der Waals surface area contributed by atoms with Gasteiger partial charge in [-0.25, -0.2) is 0 Å². The first-order chi connectivity index (χ1) is 6.20. The second-order valence-electron chi connectivity index (χ2n) is 2.57. The lowest BCUT2D eigenvalue weighted by Gasteiger charge is -2.02. The Hall–Kier alpha value is -0.870. The minimum absolute atomic E-state index is 0.497. The molecule has 0 aromatic rings. The van der Waals surface area contributed by atoms with Crippen LogP contribution in [0.2, 0.25) is 0 Å². The number of methoxy groups -OCH3 is 1. The van der Waals surface area contributed by atoms with Crippen LogP contribution in [0.3, 0.4) is 0 Å². The van der Waals surface area contributed by atoms with E-state index < -0.39 is 6.23 Å². The van der Waals surface area contributed by atoms with Crippen molar-refractivity contribution in [2.75, 3.05) is 13.7 Å². The van der Waals surface area contributed by atoms with Crippen molar-refractivity contribution in [3.8, 4) is 0 Å². The highest BCUT2D eigenvalue weighted by atomic mass is 16.5. The normalized spacial score (nSPS) is 14.9. The molecule has 0 aliphatic carbocycles. The van der Waals surface area contributed by atoms with Gasteiger partial charge in [0.25, 0.3) is 0 Å². The molecule has 0 saturated heterocycles. The zero-order valence-electron chi connectivity index (χ0n) is 8.45. The van der Waals surface area contributed by atoms with Crippen molar-refractivity contribution < 1.29 is 9.84 Å². The molecule has 0 spiro atoms. The number of nitrogens with zero attached hydrogens (tertiary/aromatic N) is 1. The molecule has 13 heavy (non-hydrogen) atoms. The van der Waals surface area contributed by atoms with Crippen molar-refractivity contribution in [1.29, 1.82) is 0 Å². The third-order valence-electron chi connectivity index (χ3n) is 1.44. The van der Waals surface area contributed by atoms with Crippen molar-refractivity contribution in [2.45, 2.75) is 26.5 Å². The van der Waals surface area contributed by atoms with Gasteiger partial charge < -0.3 is 9.84 Å². The van der Waals surface area contributed by atoms with Crippen LogP contribution in [0.5, 0.6) is 0 Å². The van der Waals surface area contributed by atoms with E-state index in [1.165, 1.54) is 0 Å². The number of rotatable bonds is 6. The summed E-state index contributed by atoms with van der Waals surface area (Å²) in [4.78, 5) is 4.00. The number of hydrogen-bond donors (Lipinski definition) is 2. The van der Waals surface area contributed by atoms with Crippen LogP contribution in [0.4, 0.5) is 0 Å². The molecule has 2 N–H and O–H groups in total. The van der Waals surface area contributed by atoms with Crippen molar-refractivity contribution in [3.63, 3.8) is 0 Å². The van der Waals surface area contributed by atoms with E-state index in [4.69, 9.17) is 9.84 Å². The van der Waals surface area contributed by atoms with E-state index in [-0.39, 0.29) is 0 Å². The van der Waals surface area contributed by atoms with Gasteiger partial charge in [-0.1, -0.05) is 6.92 Å². The molecule has 0 amide bonds. The summed E-state index contributed by atoms with van der Waals surface area (Å²) in [5, 5.41) is 11.6. The highest BCUT2D eigenvalue weighted by molar-refractivity contribution is 5.60. The van der Waals surface area contributed by atoms with Crippen LogP contribution in [0.15, 0.2) is 17.0 Å². The van der Waals surface area contributed by atoms with Crippen LogP contribution in [0.1, 0.15) is 20.3 Å². The molecule has 0 aromatic heterocycles. The zero-order valence-corrected chi connectivity index (χ0v) is 8.45. The summed E-state index contributed by atoms with van der Waals surface area (Å²) in [6.07, 6.45) is 3.69. The maximum atomic E-state index is 8.84. The monoisotopic (exact) mass is 186 g/mol. The Labute approximate surface area is 79.3 Å². The molecular weight excluding hydrogens is 168 g/mol. The van der Waals surface area contributed by atoms with E-state index in [9.17, 15) is 0 Å². The van der Waals surface area contributed by atoms with Crippen LogP contribution in [-0.4, -0.2) is 31.2 Å². The van der Waals surface area contributed by atoms with Crippen molar-refractivity contribution in [3.05, 3.63) is 12.0 Å². The Balaban J connectivity index is 3.66. The zero-order chi connectivity index (χ0) is 10.1. The fourth-order valence-corrected chi connectivity index (χ4v) is 0.700. The van der Waals surface area contributed by atoms with Gasteiger partial charge in [0.15, 0.2) is 0 Å². The minimum atomic E-state index is -0.497. The van der Waals surface area contributed by atoms with Crippen LogP contribution >= 0.6 is 0 Å². The lowest BCUT2D eigenvalue weighted by Crippen LogP contribution is -2.26. The van der Waals surface area contributed by atoms with Crippen LogP contribution in [-0.2, 0) is 4.74 Å². The number of aliphatic hydroxyl groups excluding tert-OH is 1. The molecule has 0 heterocycles. The summed E-state index contributed by atoms with van der Waals surface area (Å²) in [5.74, 6) is 0.841. The molecule has 76 valence electrons. The molecule has 0 aliphatic rings. The highest BCUT2D eigenvalue weighted by Gasteiger charge is 1.89. The molecule has 1 unspecified atom stereocenters. The van der Waals surface area contributed by atoms with Gasteiger partial charge in [-0.15, -0.1) is 0 Å². The summed E-state index contributed by atoms with van der Waals surface area (Å²) in [5.41, 5.74) is 0. The number of aliphatic hydroxyl groups is 1. The lowest BCUT2D eigenvalue weighted by atomic mass is 10.4. The first-order valence-corrected chi connectivity index (χ1v) is 4.36. The number of hydrogen-bond acceptors (Lipinski definition) is 4. The second-order valence-corrected chi connectivity index (χ2v) is 2.57. The SMILES string of the molecule is CC/C(=C\N=CCNC(C)O)OC. The second kappa shape index (κ2) is 7.76. The fourth-order valence-electron chi connectivity index (χ4n) is 0.700. The topological polar surface area (TPSA) is 53.9 Å². The van der Waals surface area contributed by atoms with Crippen molar-refractivity contribution >= 4 is 6.21 Å². The van der Waals surface area contributed by atoms with Gasteiger partial charge in [0.2, 0.25) is 0 Å². The highest BCUT2D eigenvalue weighted by Crippen LogP contribution is 1.99. The van der Waals surface area contributed by atoms with Crippen molar-refractivity contribution in [1.82, 2.24) is 5.32 Å². The first kappa shape index (κ1) is 12.1. The van der Waals surface area contributed by atoms with E-state index in [0.717, 1.165) is 12.2 Å². The predicted molar refractivity (Wildman–Crippen MR) is 53.6 cm³/mol. The summed E-state index contributed by atoms with van der Waals surface area (Å²) >= 11 is 0. The van der Waals surface area contributed by atoms with Gasteiger partial charge in [-0.2, -0.15) is 0 Å². The number of nitrogens with one attached hydrogen (secondary N) is 1. The molecule has 0 aromatic carbocycles. The largest absolute Gasteiger partial charge is 0.500 e. The minimum Gasteiger partial charge on any atom is -0.500 e. The third-order valence-corrected chi connectivity index (χ3v) is 1.44. The quantitative estimate of drug-likeness (QED) is 0.368. The van der Waals surface area contributed by atoms with E-state index in [1.54, 1.807) is 26.4 Å². The Morgan fingerprint density at radius 3 is 2.85 bits per heavy atom. The summed E-state index contributed by atoms with van der Waals surface area (Å²) in [7, 11) is 1.62. The smallest absolute Gasteiger partial charge is 0.113 e. The summed E-state index contributed by atoms with van der Waals surface area (Å²) in [6.45, 7) is 4.21. The standard InChI is InChI=1S/C9H18N2O2/c1-4-9(13-3)7-10-5-6-11-8(2)12/h5,7-8,11-12H,4,6H2,1-3H3/b9-7+,10-5?. The molecule has 0 fully saturated rings. The molecular formula is C9H18N2O2.